The Bertz CT molecular complexity index is 432. The summed E-state index contributed by atoms with van der Waals surface area (Å²) in [5.41, 5.74) is 6.29. The number of nitrogens with two attached hydrogens (primary N) is 1. The molecule has 0 unspecified atom stereocenters. The van der Waals surface area contributed by atoms with Gasteiger partial charge in [-0.05, 0) is 24.6 Å². The smallest absolute Gasteiger partial charge is 0.243 e. The van der Waals surface area contributed by atoms with Crippen molar-refractivity contribution in [1.82, 2.24) is 5.32 Å². The second kappa shape index (κ2) is 5.86. The van der Waals surface area contributed by atoms with Crippen molar-refractivity contribution in [3.63, 3.8) is 0 Å². The van der Waals surface area contributed by atoms with E-state index in [2.05, 4.69) is 10.6 Å². The molecule has 0 aromatic heterocycles. The van der Waals surface area contributed by atoms with Crippen LogP contribution in [0.25, 0.3) is 0 Å². The minimum Gasteiger partial charge on any atom is -0.506 e. The lowest BCUT2D eigenvalue weighted by Crippen LogP contribution is -2.36. The maximum atomic E-state index is 11.4. The number of carbonyl (C=O) groups excluding carboxylic acids is 2. The van der Waals surface area contributed by atoms with Gasteiger partial charge in [0.25, 0.3) is 0 Å². The topological polar surface area (TPSA) is 104 Å². The largest absolute Gasteiger partial charge is 0.506 e. The summed E-state index contributed by atoms with van der Waals surface area (Å²) in [4.78, 5) is 22.2. The molecular formula is C11H15N3O3. The van der Waals surface area contributed by atoms with Crippen LogP contribution in [0.5, 0.6) is 5.75 Å². The Kier molecular flexibility index (Phi) is 4.47. The van der Waals surface area contributed by atoms with Crippen LogP contribution < -0.4 is 16.4 Å². The van der Waals surface area contributed by atoms with Crippen molar-refractivity contribution in [1.29, 1.82) is 0 Å². The molecule has 0 heterocycles. The van der Waals surface area contributed by atoms with E-state index in [4.69, 9.17) is 5.73 Å². The molecule has 17 heavy (non-hydrogen) atoms. The molecule has 0 spiro atoms. The first-order valence-corrected chi connectivity index (χ1v) is 5.09. The standard InChI is InChI=1S/C11H15N3O3/c1-7-2-3-9(15)8(4-7)14-11(17)6-13-10(16)5-12/h2-4,15H,5-6,12H2,1H3,(H,13,16)(H,14,17). The molecule has 6 heteroatoms. The lowest BCUT2D eigenvalue weighted by molar-refractivity contribution is -0.123. The van der Waals surface area contributed by atoms with Gasteiger partial charge in [-0.3, -0.25) is 9.59 Å². The fourth-order valence-corrected chi connectivity index (χ4v) is 1.20. The summed E-state index contributed by atoms with van der Waals surface area (Å²) in [6, 6.07) is 4.85. The highest BCUT2D eigenvalue weighted by atomic mass is 16.3. The number of anilines is 1. The number of benzene rings is 1. The Morgan fingerprint density at radius 3 is 2.71 bits per heavy atom. The summed E-state index contributed by atoms with van der Waals surface area (Å²) >= 11 is 0. The number of phenols is 1. The maximum absolute atomic E-state index is 11.4. The van der Waals surface area contributed by atoms with Crippen LogP contribution in [0, 0.1) is 6.92 Å². The van der Waals surface area contributed by atoms with E-state index in [1.165, 1.54) is 6.07 Å². The first-order chi connectivity index (χ1) is 8.02. The first-order valence-electron chi connectivity index (χ1n) is 5.09. The van der Waals surface area contributed by atoms with Crippen molar-refractivity contribution < 1.29 is 14.7 Å². The van der Waals surface area contributed by atoms with Gasteiger partial charge in [0, 0.05) is 0 Å². The molecule has 1 rings (SSSR count). The molecule has 1 aromatic carbocycles. The number of carbonyl (C=O) groups is 2. The second-order valence-corrected chi connectivity index (χ2v) is 3.55. The van der Waals surface area contributed by atoms with E-state index in [1.54, 1.807) is 12.1 Å². The molecule has 0 aliphatic heterocycles. The van der Waals surface area contributed by atoms with Gasteiger partial charge in [0.05, 0.1) is 18.8 Å². The van der Waals surface area contributed by atoms with Gasteiger partial charge in [0.15, 0.2) is 0 Å². The zero-order valence-corrected chi connectivity index (χ0v) is 9.49. The monoisotopic (exact) mass is 237 g/mol. The Hall–Kier alpha value is -2.08. The molecule has 0 aliphatic rings. The number of nitrogens with one attached hydrogen (secondary N) is 2. The van der Waals surface area contributed by atoms with Gasteiger partial charge in [-0.2, -0.15) is 0 Å². The average molecular weight is 237 g/mol. The predicted octanol–water partition coefficient (Wildman–Crippen LogP) is -0.286. The highest BCUT2D eigenvalue weighted by Gasteiger charge is 2.07. The third-order valence-electron chi connectivity index (χ3n) is 2.06. The summed E-state index contributed by atoms with van der Waals surface area (Å²) in [6.07, 6.45) is 0. The van der Waals surface area contributed by atoms with E-state index in [-0.39, 0.29) is 18.8 Å². The quantitative estimate of drug-likeness (QED) is 0.540. The number of hydrogen-bond donors (Lipinski definition) is 4. The first kappa shape index (κ1) is 13.0. The Morgan fingerprint density at radius 1 is 1.35 bits per heavy atom. The van der Waals surface area contributed by atoms with Gasteiger partial charge in [0.1, 0.15) is 5.75 Å². The molecule has 1 aromatic rings. The molecule has 0 radical (unpaired) electrons. The van der Waals surface area contributed by atoms with Crippen molar-refractivity contribution in [2.45, 2.75) is 6.92 Å². The van der Waals surface area contributed by atoms with Crippen LogP contribution in [0.15, 0.2) is 18.2 Å². The fraction of sp³-hybridized carbons (Fsp3) is 0.273. The van der Waals surface area contributed by atoms with Crippen molar-refractivity contribution in [3.8, 4) is 5.75 Å². The van der Waals surface area contributed by atoms with E-state index in [9.17, 15) is 14.7 Å². The van der Waals surface area contributed by atoms with E-state index >= 15 is 0 Å². The highest BCUT2D eigenvalue weighted by molar-refractivity contribution is 5.95. The number of phenolic OH excluding ortho intramolecular Hbond substituents is 1. The van der Waals surface area contributed by atoms with E-state index in [0.717, 1.165) is 5.56 Å². The van der Waals surface area contributed by atoms with Crippen LogP contribution in [-0.4, -0.2) is 30.0 Å². The van der Waals surface area contributed by atoms with Crippen molar-refractivity contribution in [2.24, 2.45) is 5.73 Å². The summed E-state index contributed by atoms with van der Waals surface area (Å²) < 4.78 is 0. The number of hydrogen-bond acceptors (Lipinski definition) is 4. The molecule has 6 nitrogen and oxygen atoms in total. The minimum atomic E-state index is -0.423. The van der Waals surface area contributed by atoms with Crippen LogP contribution in [0.2, 0.25) is 0 Å². The van der Waals surface area contributed by atoms with Crippen molar-refractivity contribution in [2.75, 3.05) is 18.4 Å². The fourth-order valence-electron chi connectivity index (χ4n) is 1.20. The van der Waals surface area contributed by atoms with E-state index in [0.29, 0.717) is 5.69 Å². The predicted molar refractivity (Wildman–Crippen MR) is 63.5 cm³/mol. The van der Waals surface area contributed by atoms with Gasteiger partial charge >= 0.3 is 0 Å². The summed E-state index contributed by atoms with van der Waals surface area (Å²) in [6.45, 7) is 1.50. The lowest BCUT2D eigenvalue weighted by Gasteiger charge is -2.08. The zero-order valence-electron chi connectivity index (χ0n) is 9.49. The maximum Gasteiger partial charge on any atom is 0.243 e. The van der Waals surface area contributed by atoms with Gasteiger partial charge in [-0.25, -0.2) is 0 Å². The molecule has 0 saturated carbocycles. The molecule has 0 fully saturated rings. The van der Waals surface area contributed by atoms with Crippen LogP contribution in [0.3, 0.4) is 0 Å². The molecular weight excluding hydrogens is 222 g/mol. The molecule has 92 valence electrons. The van der Waals surface area contributed by atoms with E-state index in [1.807, 2.05) is 6.92 Å². The summed E-state index contributed by atoms with van der Waals surface area (Å²) in [7, 11) is 0. The van der Waals surface area contributed by atoms with Crippen LogP contribution in [-0.2, 0) is 9.59 Å². The molecule has 0 atom stereocenters. The van der Waals surface area contributed by atoms with E-state index < -0.39 is 11.8 Å². The summed E-state index contributed by atoms with van der Waals surface area (Å²) in [5, 5.41) is 14.3. The Balaban J connectivity index is 2.56. The molecule has 0 bridgehead atoms. The third kappa shape index (κ3) is 4.12. The average Bonchev–Trinajstić information content (AvgIpc) is 2.30. The number of aromatic hydroxyl groups is 1. The lowest BCUT2D eigenvalue weighted by atomic mass is 10.2. The minimum absolute atomic E-state index is 0.0194. The van der Waals surface area contributed by atoms with Gasteiger partial charge in [-0.1, -0.05) is 6.07 Å². The third-order valence-corrected chi connectivity index (χ3v) is 2.06. The number of rotatable bonds is 4. The number of amides is 2. The van der Waals surface area contributed by atoms with Gasteiger partial charge in [0.2, 0.25) is 11.8 Å². The normalized spacial score (nSPS) is 9.76. The summed E-state index contributed by atoms with van der Waals surface area (Å²) in [5.74, 6) is -0.851. The Morgan fingerprint density at radius 2 is 2.06 bits per heavy atom. The highest BCUT2D eigenvalue weighted by Crippen LogP contribution is 2.23. The van der Waals surface area contributed by atoms with Crippen molar-refractivity contribution >= 4 is 17.5 Å². The van der Waals surface area contributed by atoms with Gasteiger partial charge in [-0.15, -0.1) is 0 Å². The molecule has 5 N–H and O–H groups in total. The number of aryl methyl sites for hydroxylation is 1. The van der Waals surface area contributed by atoms with Crippen LogP contribution >= 0.6 is 0 Å². The zero-order chi connectivity index (χ0) is 12.8. The van der Waals surface area contributed by atoms with Crippen LogP contribution in [0.1, 0.15) is 5.56 Å². The van der Waals surface area contributed by atoms with Gasteiger partial charge < -0.3 is 21.5 Å². The van der Waals surface area contributed by atoms with Crippen molar-refractivity contribution in [3.05, 3.63) is 23.8 Å². The molecule has 0 saturated heterocycles. The second-order valence-electron chi connectivity index (χ2n) is 3.55. The Labute approximate surface area is 98.8 Å². The SMILES string of the molecule is Cc1ccc(O)c(NC(=O)CNC(=O)CN)c1. The molecule has 0 aliphatic carbocycles. The van der Waals surface area contributed by atoms with Crippen LogP contribution in [0.4, 0.5) is 5.69 Å². The molecule has 2 amide bonds.